The molecule has 5 heteroatoms. The molecule has 1 fully saturated rings. The van der Waals surface area contributed by atoms with Crippen LogP contribution >= 0.6 is 23.2 Å². The number of halogens is 2. The van der Waals surface area contributed by atoms with E-state index in [0.717, 1.165) is 12.0 Å². The molecule has 1 amide bonds. The van der Waals surface area contributed by atoms with Gasteiger partial charge in [-0.1, -0.05) is 29.3 Å². The van der Waals surface area contributed by atoms with Gasteiger partial charge in [-0.15, -0.1) is 0 Å². The standard InChI is InChI=1S/C12H13Cl2NO2/c1-15(17-2)12(16)8-6-7(8)11-9(13)4-3-5-10(11)14/h3-5,7-8H,6H2,1-2H3. The van der Waals surface area contributed by atoms with E-state index in [4.69, 9.17) is 28.0 Å². The van der Waals surface area contributed by atoms with Crippen molar-refractivity contribution < 1.29 is 9.63 Å². The summed E-state index contributed by atoms with van der Waals surface area (Å²) in [5, 5.41) is 2.49. The molecule has 1 aromatic rings. The zero-order valence-electron chi connectivity index (χ0n) is 9.61. The summed E-state index contributed by atoms with van der Waals surface area (Å²) in [6, 6.07) is 5.39. The largest absolute Gasteiger partial charge is 0.275 e. The first-order valence-corrected chi connectivity index (χ1v) is 6.07. The fourth-order valence-electron chi connectivity index (χ4n) is 1.98. The van der Waals surface area contributed by atoms with Gasteiger partial charge in [0.2, 0.25) is 5.91 Å². The first-order valence-electron chi connectivity index (χ1n) is 5.31. The maximum atomic E-state index is 11.9. The minimum absolute atomic E-state index is 0.0338. The Morgan fingerprint density at radius 3 is 2.53 bits per heavy atom. The molecule has 0 aromatic heterocycles. The van der Waals surface area contributed by atoms with Crippen molar-refractivity contribution in [3.05, 3.63) is 33.8 Å². The molecule has 1 saturated carbocycles. The van der Waals surface area contributed by atoms with Gasteiger partial charge in [-0.05, 0) is 30.0 Å². The molecule has 0 bridgehead atoms. The molecule has 1 aliphatic carbocycles. The van der Waals surface area contributed by atoms with Crippen LogP contribution < -0.4 is 0 Å². The van der Waals surface area contributed by atoms with Gasteiger partial charge < -0.3 is 0 Å². The summed E-state index contributed by atoms with van der Waals surface area (Å²) < 4.78 is 0. The van der Waals surface area contributed by atoms with E-state index in [2.05, 4.69) is 0 Å². The van der Waals surface area contributed by atoms with Gasteiger partial charge in [0.05, 0.1) is 7.11 Å². The second-order valence-electron chi connectivity index (χ2n) is 4.10. The van der Waals surface area contributed by atoms with Crippen LogP contribution in [-0.2, 0) is 9.63 Å². The Bertz CT molecular complexity index is 430. The molecule has 2 unspecified atom stereocenters. The molecular formula is C12H13Cl2NO2. The summed E-state index contributed by atoms with van der Waals surface area (Å²) in [5.74, 6) is 0.00661. The molecule has 0 saturated heterocycles. The maximum Gasteiger partial charge on any atom is 0.249 e. The molecule has 0 aliphatic heterocycles. The average Bonchev–Trinajstić information content (AvgIpc) is 3.07. The summed E-state index contributed by atoms with van der Waals surface area (Å²) in [4.78, 5) is 16.7. The number of carbonyl (C=O) groups is 1. The molecule has 0 N–H and O–H groups in total. The van der Waals surface area contributed by atoms with Crippen molar-refractivity contribution in [3.63, 3.8) is 0 Å². The fourth-order valence-corrected chi connectivity index (χ4v) is 2.65. The highest BCUT2D eigenvalue weighted by Crippen LogP contribution is 2.52. The zero-order valence-corrected chi connectivity index (χ0v) is 11.1. The van der Waals surface area contributed by atoms with Crippen LogP contribution in [0.1, 0.15) is 17.9 Å². The van der Waals surface area contributed by atoms with Gasteiger partial charge in [0.25, 0.3) is 0 Å². The van der Waals surface area contributed by atoms with Crippen LogP contribution in [0.15, 0.2) is 18.2 Å². The minimum Gasteiger partial charge on any atom is -0.275 e. The number of nitrogens with zero attached hydrogens (tertiary/aromatic N) is 1. The zero-order chi connectivity index (χ0) is 12.6. The Morgan fingerprint density at radius 1 is 1.41 bits per heavy atom. The predicted molar refractivity (Wildman–Crippen MR) is 67.1 cm³/mol. The fraction of sp³-hybridized carbons (Fsp3) is 0.417. The molecule has 0 radical (unpaired) electrons. The van der Waals surface area contributed by atoms with Gasteiger partial charge in [-0.25, -0.2) is 5.06 Å². The van der Waals surface area contributed by atoms with E-state index >= 15 is 0 Å². The molecule has 17 heavy (non-hydrogen) atoms. The Balaban J connectivity index is 2.16. The summed E-state index contributed by atoms with van der Waals surface area (Å²) >= 11 is 12.2. The third-order valence-corrected chi connectivity index (χ3v) is 3.72. The third-order valence-electron chi connectivity index (χ3n) is 3.06. The summed E-state index contributed by atoms with van der Waals surface area (Å²) in [6.45, 7) is 0. The van der Waals surface area contributed by atoms with Gasteiger partial charge in [0.15, 0.2) is 0 Å². The Kier molecular flexibility index (Phi) is 3.61. The summed E-state index contributed by atoms with van der Waals surface area (Å²) in [6.07, 6.45) is 0.774. The smallest absolute Gasteiger partial charge is 0.249 e. The number of rotatable bonds is 3. The lowest BCUT2D eigenvalue weighted by molar-refractivity contribution is -0.170. The number of hydrogen-bond acceptors (Lipinski definition) is 2. The van der Waals surface area contributed by atoms with Crippen molar-refractivity contribution in [2.75, 3.05) is 14.2 Å². The van der Waals surface area contributed by atoms with Crippen LogP contribution in [0, 0.1) is 5.92 Å². The molecule has 92 valence electrons. The molecule has 3 nitrogen and oxygen atoms in total. The van der Waals surface area contributed by atoms with Crippen molar-refractivity contribution in [3.8, 4) is 0 Å². The van der Waals surface area contributed by atoms with Gasteiger partial charge in [-0.2, -0.15) is 0 Å². The van der Waals surface area contributed by atoms with Gasteiger partial charge in [0.1, 0.15) is 0 Å². The lowest BCUT2D eigenvalue weighted by Gasteiger charge is -2.13. The van der Waals surface area contributed by atoms with Gasteiger partial charge in [-0.3, -0.25) is 9.63 Å². The first kappa shape index (κ1) is 12.7. The highest BCUT2D eigenvalue weighted by atomic mass is 35.5. The topological polar surface area (TPSA) is 29.5 Å². The highest BCUT2D eigenvalue weighted by Gasteiger charge is 2.47. The van der Waals surface area contributed by atoms with Gasteiger partial charge >= 0.3 is 0 Å². The number of amides is 1. The monoisotopic (exact) mass is 273 g/mol. The van der Waals surface area contributed by atoms with E-state index in [9.17, 15) is 4.79 Å². The molecular weight excluding hydrogens is 261 g/mol. The van der Waals surface area contributed by atoms with Crippen molar-refractivity contribution in [2.24, 2.45) is 5.92 Å². The van der Waals surface area contributed by atoms with Crippen molar-refractivity contribution >= 4 is 29.1 Å². The second kappa shape index (κ2) is 4.84. The molecule has 0 heterocycles. The van der Waals surface area contributed by atoms with E-state index < -0.39 is 0 Å². The number of carbonyl (C=O) groups excluding carboxylic acids is 1. The molecule has 1 aromatic carbocycles. The van der Waals surface area contributed by atoms with Crippen LogP contribution in [0.3, 0.4) is 0 Å². The summed E-state index contributed by atoms with van der Waals surface area (Å²) in [5.41, 5.74) is 0.874. The van der Waals surface area contributed by atoms with E-state index in [-0.39, 0.29) is 17.7 Å². The van der Waals surface area contributed by atoms with Crippen molar-refractivity contribution in [1.82, 2.24) is 5.06 Å². The lowest BCUT2D eigenvalue weighted by atomic mass is 10.1. The van der Waals surface area contributed by atoms with E-state index in [1.165, 1.54) is 12.2 Å². The van der Waals surface area contributed by atoms with Crippen LogP contribution in [0.5, 0.6) is 0 Å². The molecule has 1 aliphatic rings. The quantitative estimate of drug-likeness (QED) is 0.792. The third kappa shape index (κ3) is 2.41. The maximum absolute atomic E-state index is 11.9. The van der Waals surface area contributed by atoms with Crippen LogP contribution in [-0.4, -0.2) is 25.1 Å². The van der Waals surface area contributed by atoms with Crippen LogP contribution in [0.25, 0.3) is 0 Å². The van der Waals surface area contributed by atoms with Crippen molar-refractivity contribution in [2.45, 2.75) is 12.3 Å². The number of hydroxylamine groups is 2. The molecule has 2 atom stereocenters. The van der Waals surface area contributed by atoms with E-state index in [1.807, 2.05) is 0 Å². The average molecular weight is 274 g/mol. The predicted octanol–water partition coefficient (Wildman–Crippen LogP) is 3.12. The van der Waals surface area contributed by atoms with E-state index in [1.54, 1.807) is 25.2 Å². The SMILES string of the molecule is CON(C)C(=O)C1CC1c1c(Cl)cccc1Cl. The summed E-state index contributed by atoms with van der Waals surface area (Å²) in [7, 11) is 3.07. The van der Waals surface area contributed by atoms with E-state index in [0.29, 0.717) is 10.0 Å². The van der Waals surface area contributed by atoms with Crippen LogP contribution in [0.2, 0.25) is 10.0 Å². The highest BCUT2D eigenvalue weighted by molar-refractivity contribution is 6.36. The van der Waals surface area contributed by atoms with Gasteiger partial charge in [0, 0.05) is 23.0 Å². The second-order valence-corrected chi connectivity index (χ2v) is 4.92. The Labute approximate surface area is 110 Å². The number of benzene rings is 1. The first-order chi connectivity index (χ1) is 8.06. The molecule has 0 spiro atoms. The van der Waals surface area contributed by atoms with Crippen LogP contribution in [0.4, 0.5) is 0 Å². The molecule has 2 rings (SSSR count). The lowest BCUT2D eigenvalue weighted by Crippen LogP contribution is -2.27. The Morgan fingerprint density at radius 2 is 2.00 bits per heavy atom. The number of hydrogen-bond donors (Lipinski definition) is 0. The minimum atomic E-state index is -0.0719. The Hall–Kier alpha value is -0.770. The normalized spacial score (nSPS) is 22.4. The van der Waals surface area contributed by atoms with Crippen molar-refractivity contribution in [1.29, 1.82) is 0 Å².